The summed E-state index contributed by atoms with van der Waals surface area (Å²) in [7, 11) is 0. The second-order valence-electron chi connectivity index (χ2n) is 2.95. The van der Waals surface area contributed by atoms with E-state index < -0.39 is 5.97 Å². The lowest BCUT2D eigenvalue weighted by Crippen LogP contribution is -2.12. The minimum Gasteiger partial charge on any atom is -0.477 e. The van der Waals surface area contributed by atoms with Crippen molar-refractivity contribution in [1.29, 1.82) is 0 Å². The second kappa shape index (κ2) is 3.95. The summed E-state index contributed by atoms with van der Waals surface area (Å²) in [5.74, 6) is -1.28. The lowest BCUT2D eigenvalue weighted by atomic mass is 10.3. The summed E-state index contributed by atoms with van der Waals surface area (Å²) in [5, 5.41) is 11.3. The van der Waals surface area contributed by atoms with Gasteiger partial charge in [-0.2, -0.15) is 0 Å². The minimum atomic E-state index is -1.08. The predicted molar refractivity (Wildman–Crippen MR) is 51.4 cm³/mol. The minimum absolute atomic E-state index is 0.0179. The molecule has 5 heteroatoms. The molecule has 1 amide bonds. The zero-order chi connectivity index (χ0) is 10.7. The normalized spacial score (nSPS) is 9.86. The molecule has 0 aromatic carbocycles. The second-order valence-corrected chi connectivity index (χ2v) is 2.95. The number of hydrogen-bond acceptors (Lipinski definition) is 2. The molecule has 0 radical (unpaired) electrons. The van der Waals surface area contributed by atoms with Crippen molar-refractivity contribution in [2.45, 2.75) is 20.3 Å². The highest BCUT2D eigenvalue weighted by Crippen LogP contribution is 2.16. The Morgan fingerprint density at radius 3 is 2.71 bits per heavy atom. The van der Waals surface area contributed by atoms with Gasteiger partial charge in [0, 0.05) is 12.1 Å². The highest BCUT2D eigenvalue weighted by atomic mass is 16.4. The third-order valence-electron chi connectivity index (χ3n) is 1.76. The topological polar surface area (TPSA) is 82.2 Å². The van der Waals surface area contributed by atoms with Crippen molar-refractivity contribution in [2.24, 2.45) is 0 Å². The Morgan fingerprint density at radius 1 is 1.57 bits per heavy atom. The van der Waals surface area contributed by atoms with Crippen molar-refractivity contribution in [2.75, 3.05) is 5.32 Å². The summed E-state index contributed by atoms with van der Waals surface area (Å²) in [6.45, 7) is 3.43. The Kier molecular flexibility index (Phi) is 2.91. The molecule has 0 unspecified atom stereocenters. The molecule has 0 fully saturated rings. The van der Waals surface area contributed by atoms with E-state index in [9.17, 15) is 9.59 Å². The van der Waals surface area contributed by atoms with Crippen molar-refractivity contribution < 1.29 is 14.7 Å². The number of carboxylic acids is 1. The van der Waals surface area contributed by atoms with Gasteiger partial charge >= 0.3 is 5.97 Å². The van der Waals surface area contributed by atoms with E-state index in [1.807, 2.05) is 0 Å². The van der Waals surface area contributed by atoms with E-state index in [-0.39, 0.29) is 11.6 Å². The van der Waals surface area contributed by atoms with Gasteiger partial charge in [-0.25, -0.2) is 4.79 Å². The van der Waals surface area contributed by atoms with E-state index in [1.54, 1.807) is 19.9 Å². The maximum atomic E-state index is 11.0. The SMILES string of the molecule is CCC(=O)Nc1cc(C)[nH]c1C(=O)O. The molecule has 1 heterocycles. The molecule has 76 valence electrons. The molecule has 1 aromatic heterocycles. The Labute approximate surface area is 81.1 Å². The van der Waals surface area contributed by atoms with Gasteiger partial charge < -0.3 is 15.4 Å². The Bertz CT molecular complexity index is 368. The van der Waals surface area contributed by atoms with Crippen molar-refractivity contribution in [1.82, 2.24) is 4.98 Å². The largest absolute Gasteiger partial charge is 0.477 e. The molecule has 14 heavy (non-hydrogen) atoms. The molecule has 0 aliphatic heterocycles. The molecule has 0 saturated heterocycles. The lowest BCUT2D eigenvalue weighted by molar-refractivity contribution is -0.115. The van der Waals surface area contributed by atoms with E-state index in [1.165, 1.54) is 0 Å². The van der Waals surface area contributed by atoms with Gasteiger partial charge in [0.05, 0.1) is 5.69 Å². The van der Waals surface area contributed by atoms with Gasteiger partial charge in [-0.3, -0.25) is 4.79 Å². The molecule has 0 spiro atoms. The highest BCUT2D eigenvalue weighted by molar-refractivity contribution is 5.99. The van der Waals surface area contributed by atoms with Crippen LogP contribution in [0.15, 0.2) is 6.07 Å². The zero-order valence-electron chi connectivity index (χ0n) is 8.05. The molecule has 1 aromatic rings. The predicted octanol–water partition coefficient (Wildman–Crippen LogP) is 1.37. The summed E-state index contributed by atoms with van der Waals surface area (Å²) >= 11 is 0. The first-order valence-electron chi connectivity index (χ1n) is 4.27. The molecule has 5 nitrogen and oxygen atoms in total. The van der Waals surface area contributed by atoms with E-state index in [2.05, 4.69) is 10.3 Å². The van der Waals surface area contributed by atoms with Crippen LogP contribution in [0.4, 0.5) is 5.69 Å². The quantitative estimate of drug-likeness (QED) is 0.682. The summed E-state index contributed by atoms with van der Waals surface area (Å²) in [4.78, 5) is 24.4. The average Bonchev–Trinajstić information content (AvgIpc) is 2.46. The molecular weight excluding hydrogens is 184 g/mol. The standard InChI is InChI=1S/C9H12N2O3/c1-3-7(12)11-6-4-5(2)10-8(6)9(13)14/h4,10H,3H2,1-2H3,(H,11,12)(H,13,14). The van der Waals surface area contributed by atoms with Crippen LogP contribution in [0.1, 0.15) is 29.5 Å². The third-order valence-corrected chi connectivity index (χ3v) is 1.76. The number of amides is 1. The first kappa shape index (κ1) is 10.3. The maximum Gasteiger partial charge on any atom is 0.354 e. The fourth-order valence-corrected chi connectivity index (χ4v) is 1.10. The zero-order valence-corrected chi connectivity index (χ0v) is 8.05. The van der Waals surface area contributed by atoms with E-state index in [0.717, 1.165) is 0 Å². The molecule has 0 aliphatic carbocycles. The van der Waals surface area contributed by atoms with Crippen LogP contribution >= 0.6 is 0 Å². The fraction of sp³-hybridized carbons (Fsp3) is 0.333. The van der Waals surface area contributed by atoms with E-state index >= 15 is 0 Å². The number of carbonyl (C=O) groups excluding carboxylic acids is 1. The van der Waals surface area contributed by atoms with Gasteiger partial charge in [-0.05, 0) is 13.0 Å². The van der Waals surface area contributed by atoms with Gasteiger partial charge in [0.25, 0.3) is 0 Å². The van der Waals surface area contributed by atoms with Gasteiger partial charge in [0.15, 0.2) is 0 Å². The number of hydrogen-bond donors (Lipinski definition) is 3. The van der Waals surface area contributed by atoms with Gasteiger partial charge in [0.2, 0.25) is 5.91 Å². The van der Waals surface area contributed by atoms with Gasteiger partial charge in [-0.1, -0.05) is 6.92 Å². The highest BCUT2D eigenvalue weighted by Gasteiger charge is 2.14. The number of anilines is 1. The number of aromatic carboxylic acids is 1. The number of aromatic nitrogens is 1. The number of aryl methyl sites for hydroxylation is 1. The number of carbonyl (C=O) groups is 2. The first-order chi connectivity index (χ1) is 6.54. The van der Waals surface area contributed by atoms with Gasteiger partial charge in [-0.15, -0.1) is 0 Å². The molecule has 3 N–H and O–H groups in total. The number of H-pyrrole nitrogens is 1. The van der Waals surface area contributed by atoms with Crippen LogP contribution in [0.5, 0.6) is 0 Å². The van der Waals surface area contributed by atoms with Crippen LogP contribution in [0.25, 0.3) is 0 Å². The summed E-state index contributed by atoms with van der Waals surface area (Å²) in [5.41, 5.74) is 1.04. The van der Waals surface area contributed by atoms with Crippen molar-refractivity contribution >= 4 is 17.6 Å². The number of carboxylic acid groups (broad SMARTS) is 1. The van der Waals surface area contributed by atoms with Gasteiger partial charge in [0.1, 0.15) is 5.69 Å². The van der Waals surface area contributed by atoms with Crippen molar-refractivity contribution in [3.05, 3.63) is 17.5 Å². The van der Waals surface area contributed by atoms with E-state index in [4.69, 9.17) is 5.11 Å². The number of rotatable bonds is 3. The first-order valence-corrected chi connectivity index (χ1v) is 4.27. The van der Waals surface area contributed by atoms with Crippen LogP contribution in [0.3, 0.4) is 0 Å². The molecule has 0 aliphatic rings. The average molecular weight is 196 g/mol. The Balaban J connectivity index is 2.95. The summed E-state index contributed by atoms with van der Waals surface area (Å²) in [6, 6.07) is 1.59. The Morgan fingerprint density at radius 2 is 2.21 bits per heavy atom. The molecule has 0 atom stereocenters. The van der Waals surface area contributed by atoms with E-state index in [0.29, 0.717) is 17.8 Å². The van der Waals surface area contributed by atoms with Crippen LogP contribution in [0.2, 0.25) is 0 Å². The van der Waals surface area contributed by atoms with Crippen LogP contribution in [0, 0.1) is 6.92 Å². The Hall–Kier alpha value is -1.78. The molecule has 1 rings (SSSR count). The lowest BCUT2D eigenvalue weighted by Gasteiger charge is -2.00. The maximum absolute atomic E-state index is 11.0. The van der Waals surface area contributed by atoms with Crippen molar-refractivity contribution in [3.8, 4) is 0 Å². The number of aromatic amines is 1. The molecular formula is C9H12N2O3. The van der Waals surface area contributed by atoms with Crippen LogP contribution in [-0.4, -0.2) is 22.0 Å². The smallest absolute Gasteiger partial charge is 0.354 e. The third kappa shape index (κ3) is 2.12. The summed E-state index contributed by atoms with van der Waals surface area (Å²) < 4.78 is 0. The summed E-state index contributed by atoms with van der Waals surface area (Å²) in [6.07, 6.45) is 0.323. The van der Waals surface area contributed by atoms with Crippen LogP contribution in [-0.2, 0) is 4.79 Å². The fourth-order valence-electron chi connectivity index (χ4n) is 1.10. The molecule has 0 bridgehead atoms. The monoisotopic (exact) mass is 196 g/mol. The number of nitrogens with one attached hydrogen (secondary N) is 2. The van der Waals surface area contributed by atoms with Crippen molar-refractivity contribution in [3.63, 3.8) is 0 Å². The van der Waals surface area contributed by atoms with Crippen LogP contribution < -0.4 is 5.32 Å². The molecule has 0 saturated carbocycles.